The summed E-state index contributed by atoms with van der Waals surface area (Å²) in [4.78, 5) is 20.7. The zero-order valence-electron chi connectivity index (χ0n) is 25.1. The van der Waals surface area contributed by atoms with Crippen molar-refractivity contribution in [2.24, 2.45) is 11.8 Å². The Morgan fingerprint density at radius 2 is 0.632 bits per heavy atom. The molecule has 0 aliphatic heterocycles. The second-order valence-electron chi connectivity index (χ2n) is 12.5. The quantitative estimate of drug-likeness (QED) is 0.120. The summed E-state index contributed by atoms with van der Waals surface area (Å²) in [5.74, 6) is 0.825. The number of unbranched alkanes of at least 4 members (excludes halogenated alkanes) is 16. The highest BCUT2D eigenvalue weighted by molar-refractivity contribution is 5.66. The number of carboxylic acids is 2. The monoisotopic (exact) mass is 536 g/mol. The molecule has 4 heteroatoms. The lowest BCUT2D eigenvalue weighted by atomic mass is 9.99. The molecule has 0 amide bonds. The minimum atomic E-state index is -0.651. The van der Waals surface area contributed by atoms with Gasteiger partial charge in [-0.05, 0) is 24.7 Å². The highest BCUT2D eigenvalue weighted by atomic mass is 16.4. The molecule has 0 bridgehead atoms. The van der Waals surface area contributed by atoms with Crippen LogP contribution in [0.2, 0.25) is 0 Å². The molecule has 224 valence electrons. The van der Waals surface area contributed by atoms with Gasteiger partial charge in [0, 0.05) is 12.8 Å². The van der Waals surface area contributed by atoms with Crippen molar-refractivity contribution in [3.8, 4) is 0 Å². The molecule has 0 aromatic carbocycles. The van der Waals surface area contributed by atoms with Crippen LogP contribution in [0, 0.1) is 11.8 Å². The molecule has 0 saturated heterocycles. The van der Waals surface area contributed by atoms with Crippen LogP contribution in [0.1, 0.15) is 193 Å². The Hall–Kier alpha value is -1.06. The normalized spacial score (nSPS) is 16.0. The van der Waals surface area contributed by atoms with Crippen LogP contribution in [-0.4, -0.2) is 22.2 Å². The fourth-order valence-electron chi connectivity index (χ4n) is 6.49. The first kappa shape index (κ1) is 35.0. The van der Waals surface area contributed by atoms with E-state index in [1.165, 1.54) is 154 Å². The average Bonchev–Trinajstić information content (AvgIpc) is 3.60. The Labute approximate surface area is 236 Å². The predicted molar refractivity (Wildman–Crippen MR) is 161 cm³/mol. The molecule has 0 atom stereocenters. The van der Waals surface area contributed by atoms with Gasteiger partial charge in [0.05, 0.1) is 0 Å². The zero-order valence-corrected chi connectivity index (χ0v) is 25.1. The third-order valence-corrected chi connectivity index (χ3v) is 8.96. The van der Waals surface area contributed by atoms with Crippen LogP contribution in [0.3, 0.4) is 0 Å². The highest BCUT2D eigenvalue weighted by Crippen LogP contribution is 2.30. The van der Waals surface area contributed by atoms with E-state index in [1.54, 1.807) is 0 Å². The van der Waals surface area contributed by atoms with Gasteiger partial charge in [-0.15, -0.1) is 0 Å². The molecule has 38 heavy (non-hydrogen) atoms. The van der Waals surface area contributed by atoms with E-state index in [0.29, 0.717) is 12.8 Å². The summed E-state index contributed by atoms with van der Waals surface area (Å²) in [5.41, 5.74) is 0. The van der Waals surface area contributed by atoms with Crippen LogP contribution in [0.25, 0.3) is 0 Å². The Morgan fingerprint density at radius 3 is 0.895 bits per heavy atom. The van der Waals surface area contributed by atoms with Gasteiger partial charge in [0.1, 0.15) is 0 Å². The Morgan fingerprint density at radius 1 is 0.395 bits per heavy atom. The van der Waals surface area contributed by atoms with Gasteiger partial charge < -0.3 is 10.2 Å². The lowest BCUT2D eigenvalue weighted by Crippen LogP contribution is -1.93. The molecule has 0 aromatic heterocycles. The van der Waals surface area contributed by atoms with Crippen LogP contribution in [0.4, 0.5) is 0 Å². The Bertz CT molecular complexity index is 535. The van der Waals surface area contributed by atoms with E-state index >= 15 is 0 Å². The molecule has 0 heterocycles. The predicted octanol–water partition coefficient (Wildman–Crippen LogP) is 11.1. The Kier molecular flexibility index (Phi) is 24.1. The SMILES string of the molecule is O=C(O)CCCCCCCCCCC1CCCC1.O=C(O)CCCCCCCCCCCCC1CCCC1. The minimum Gasteiger partial charge on any atom is -0.481 e. The fraction of sp³-hybridized carbons (Fsp3) is 0.941. The van der Waals surface area contributed by atoms with Crippen molar-refractivity contribution >= 4 is 11.9 Å². The van der Waals surface area contributed by atoms with Gasteiger partial charge in [0.2, 0.25) is 0 Å². The van der Waals surface area contributed by atoms with Gasteiger partial charge in [-0.25, -0.2) is 0 Å². The fourth-order valence-corrected chi connectivity index (χ4v) is 6.49. The van der Waals surface area contributed by atoms with Crippen LogP contribution < -0.4 is 0 Å². The highest BCUT2D eigenvalue weighted by Gasteiger charge is 2.14. The maximum atomic E-state index is 10.3. The van der Waals surface area contributed by atoms with Crippen LogP contribution in [0.15, 0.2) is 0 Å². The van der Waals surface area contributed by atoms with Crippen molar-refractivity contribution in [1.29, 1.82) is 0 Å². The van der Waals surface area contributed by atoms with Gasteiger partial charge in [-0.2, -0.15) is 0 Å². The molecular weight excluding hydrogens is 472 g/mol. The van der Waals surface area contributed by atoms with Crippen LogP contribution in [-0.2, 0) is 9.59 Å². The summed E-state index contributed by atoms with van der Waals surface area (Å²) in [6.45, 7) is 0. The summed E-state index contributed by atoms with van der Waals surface area (Å²) < 4.78 is 0. The first-order valence-corrected chi connectivity index (χ1v) is 17.0. The number of aliphatic carboxylic acids is 2. The molecule has 2 aliphatic carbocycles. The molecule has 0 aromatic rings. The van der Waals surface area contributed by atoms with Crippen molar-refractivity contribution in [1.82, 2.24) is 0 Å². The second kappa shape index (κ2) is 26.2. The van der Waals surface area contributed by atoms with E-state index in [2.05, 4.69) is 0 Å². The lowest BCUT2D eigenvalue weighted by molar-refractivity contribution is -0.138. The summed E-state index contributed by atoms with van der Waals surface area (Å²) in [5, 5.41) is 17.0. The standard InChI is InChI=1S/C18H34O2.C16H30O2/c19-18(20)16-10-8-6-4-2-1-3-5-7-9-13-17-14-11-12-15-17;17-16(18)14-8-6-4-2-1-3-5-7-11-15-12-9-10-13-15/h17H,1-16H2,(H,19,20);15H,1-14H2,(H,17,18). The second-order valence-corrected chi connectivity index (χ2v) is 12.5. The van der Waals surface area contributed by atoms with Gasteiger partial charge in [-0.3, -0.25) is 9.59 Å². The number of hydrogen-bond donors (Lipinski definition) is 2. The summed E-state index contributed by atoms with van der Waals surface area (Å²) in [6, 6.07) is 0. The molecule has 2 aliphatic rings. The van der Waals surface area contributed by atoms with E-state index in [1.807, 2.05) is 0 Å². The van der Waals surface area contributed by atoms with Gasteiger partial charge >= 0.3 is 11.9 Å². The summed E-state index contributed by atoms with van der Waals surface area (Å²) in [6.07, 6.45) is 38.5. The zero-order chi connectivity index (χ0) is 27.5. The molecule has 2 saturated carbocycles. The van der Waals surface area contributed by atoms with E-state index < -0.39 is 11.9 Å². The molecule has 0 spiro atoms. The van der Waals surface area contributed by atoms with E-state index in [-0.39, 0.29) is 0 Å². The largest absolute Gasteiger partial charge is 0.481 e. The summed E-state index contributed by atoms with van der Waals surface area (Å²) in [7, 11) is 0. The van der Waals surface area contributed by atoms with Crippen molar-refractivity contribution in [2.75, 3.05) is 0 Å². The molecule has 0 radical (unpaired) electrons. The van der Waals surface area contributed by atoms with Crippen LogP contribution >= 0.6 is 0 Å². The molecular formula is C34H64O4. The summed E-state index contributed by atoms with van der Waals surface area (Å²) >= 11 is 0. The number of rotatable bonds is 24. The Balaban J connectivity index is 0.000000382. The number of hydrogen-bond acceptors (Lipinski definition) is 2. The molecule has 4 nitrogen and oxygen atoms in total. The lowest BCUT2D eigenvalue weighted by Gasteiger charge is -2.07. The average molecular weight is 537 g/mol. The van der Waals surface area contributed by atoms with Gasteiger partial charge in [0.15, 0.2) is 0 Å². The van der Waals surface area contributed by atoms with E-state index in [0.717, 1.165) is 37.5 Å². The number of carboxylic acid groups (broad SMARTS) is 2. The molecule has 0 unspecified atom stereocenters. The molecule has 2 N–H and O–H groups in total. The van der Waals surface area contributed by atoms with Crippen molar-refractivity contribution in [2.45, 2.75) is 193 Å². The number of carbonyl (C=O) groups is 2. The van der Waals surface area contributed by atoms with Gasteiger partial charge in [0.25, 0.3) is 0 Å². The maximum absolute atomic E-state index is 10.3. The minimum absolute atomic E-state index is 0.348. The van der Waals surface area contributed by atoms with E-state index in [9.17, 15) is 9.59 Å². The topological polar surface area (TPSA) is 74.6 Å². The molecule has 2 fully saturated rings. The van der Waals surface area contributed by atoms with Crippen molar-refractivity contribution in [3.63, 3.8) is 0 Å². The first-order chi connectivity index (χ1) is 18.6. The van der Waals surface area contributed by atoms with Crippen molar-refractivity contribution < 1.29 is 19.8 Å². The molecule has 2 rings (SSSR count). The van der Waals surface area contributed by atoms with Crippen molar-refractivity contribution in [3.05, 3.63) is 0 Å². The maximum Gasteiger partial charge on any atom is 0.303 e. The third-order valence-electron chi connectivity index (χ3n) is 8.96. The van der Waals surface area contributed by atoms with E-state index in [4.69, 9.17) is 10.2 Å². The van der Waals surface area contributed by atoms with Crippen LogP contribution in [0.5, 0.6) is 0 Å². The smallest absolute Gasteiger partial charge is 0.303 e. The van der Waals surface area contributed by atoms with Gasteiger partial charge in [-0.1, -0.05) is 167 Å². The first-order valence-electron chi connectivity index (χ1n) is 17.0. The third kappa shape index (κ3) is 24.0.